The lowest BCUT2D eigenvalue weighted by molar-refractivity contribution is -0.138. The monoisotopic (exact) mass is 215 g/mol. The number of hydrogen-bond acceptors (Lipinski definition) is 4. The summed E-state index contributed by atoms with van der Waals surface area (Å²) in [7, 11) is 0. The molecule has 0 aromatic rings. The zero-order chi connectivity index (χ0) is 11.7. The van der Waals surface area contributed by atoms with Crippen molar-refractivity contribution >= 4 is 5.97 Å². The van der Waals surface area contributed by atoms with Crippen LogP contribution in [0.25, 0.3) is 0 Å². The van der Waals surface area contributed by atoms with Gasteiger partial charge in [0, 0.05) is 24.8 Å². The van der Waals surface area contributed by atoms with Gasteiger partial charge in [0.05, 0.1) is 6.61 Å². The molecule has 4 nitrogen and oxygen atoms in total. The lowest BCUT2D eigenvalue weighted by Gasteiger charge is -2.13. The number of carbonyl (C=O) groups is 1. The van der Waals surface area contributed by atoms with Crippen LogP contribution in [-0.4, -0.2) is 36.9 Å². The molecule has 0 aliphatic rings. The van der Waals surface area contributed by atoms with Crippen molar-refractivity contribution in [1.82, 2.24) is 5.32 Å². The highest BCUT2D eigenvalue weighted by Gasteiger charge is 2.08. The van der Waals surface area contributed by atoms with E-state index in [0.29, 0.717) is 18.7 Å². The van der Waals surface area contributed by atoms with Crippen molar-refractivity contribution < 1.29 is 14.6 Å². The molecule has 0 radical (unpaired) electrons. The standard InChI is InChI=1S/C11H21NO3/c1-4-15-11(14)9(2)8-12-10(3)6-5-7-13/h10,12-13H,2,4-8H2,1,3H3. The van der Waals surface area contributed by atoms with Crippen LogP contribution in [0.5, 0.6) is 0 Å². The predicted octanol–water partition coefficient (Wildman–Crippen LogP) is 0.856. The van der Waals surface area contributed by atoms with Crippen molar-refractivity contribution in [1.29, 1.82) is 0 Å². The first-order chi connectivity index (χ1) is 7.11. The maximum Gasteiger partial charge on any atom is 0.334 e. The molecule has 0 aromatic heterocycles. The zero-order valence-corrected chi connectivity index (χ0v) is 9.58. The fourth-order valence-corrected chi connectivity index (χ4v) is 1.10. The molecule has 0 aliphatic carbocycles. The smallest absolute Gasteiger partial charge is 0.334 e. The van der Waals surface area contributed by atoms with Crippen LogP contribution in [0.1, 0.15) is 26.7 Å². The van der Waals surface area contributed by atoms with Gasteiger partial charge in [0.1, 0.15) is 0 Å². The fraction of sp³-hybridized carbons (Fsp3) is 0.727. The summed E-state index contributed by atoms with van der Waals surface area (Å²) in [6, 6.07) is 0.267. The van der Waals surface area contributed by atoms with Gasteiger partial charge >= 0.3 is 5.97 Å². The number of aliphatic hydroxyl groups excluding tert-OH is 1. The Balaban J connectivity index is 3.65. The third kappa shape index (κ3) is 7.11. The summed E-state index contributed by atoms with van der Waals surface area (Å²) in [5.41, 5.74) is 0.438. The van der Waals surface area contributed by atoms with E-state index in [1.54, 1.807) is 6.92 Å². The normalized spacial score (nSPS) is 12.2. The molecule has 0 bridgehead atoms. The molecule has 1 atom stereocenters. The highest BCUT2D eigenvalue weighted by molar-refractivity contribution is 5.88. The van der Waals surface area contributed by atoms with E-state index in [9.17, 15) is 4.79 Å². The van der Waals surface area contributed by atoms with Crippen LogP contribution < -0.4 is 5.32 Å². The lowest BCUT2D eigenvalue weighted by Crippen LogP contribution is -2.30. The van der Waals surface area contributed by atoms with Crippen LogP contribution in [0, 0.1) is 0 Å². The van der Waals surface area contributed by atoms with E-state index < -0.39 is 0 Å². The molecule has 0 amide bonds. The maximum absolute atomic E-state index is 11.2. The van der Waals surface area contributed by atoms with Crippen LogP contribution in [-0.2, 0) is 9.53 Å². The Morgan fingerprint density at radius 1 is 1.60 bits per heavy atom. The molecule has 15 heavy (non-hydrogen) atoms. The average molecular weight is 215 g/mol. The van der Waals surface area contributed by atoms with E-state index in [1.165, 1.54) is 0 Å². The number of aliphatic hydroxyl groups is 1. The van der Waals surface area contributed by atoms with Crippen molar-refractivity contribution in [2.75, 3.05) is 19.8 Å². The Kier molecular flexibility index (Phi) is 7.95. The van der Waals surface area contributed by atoms with Gasteiger partial charge in [0.15, 0.2) is 0 Å². The topological polar surface area (TPSA) is 58.6 Å². The first kappa shape index (κ1) is 14.1. The number of nitrogens with one attached hydrogen (secondary N) is 1. The van der Waals surface area contributed by atoms with E-state index >= 15 is 0 Å². The third-order valence-corrected chi connectivity index (χ3v) is 2.02. The summed E-state index contributed by atoms with van der Waals surface area (Å²) in [5.74, 6) is -0.348. The van der Waals surface area contributed by atoms with Crippen molar-refractivity contribution in [3.8, 4) is 0 Å². The van der Waals surface area contributed by atoms with Crippen LogP contribution in [0.2, 0.25) is 0 Å². The van der Waals surface area contributed by atoms with Gasteiger partial charge in [-0.1, -0.05) is 6.58 Å². The Morgan fingerprint density at radius 2 is 2.27 bits per heavy atom. The van der Waals surface area contributed by atoms with Crippen LogP contribution >= 0.6 is 0 Å². The number of esters is 1. The van der Waals surface area contributed by atoms with E-state index in [2.05, 4.69) is 11.9 Å². The molecule has 0 heterocycles. The Morgan fingerprint density at radius 3 is 2.80 bits per heavy atom. The summed E-state index contributed by atoms with van der Waals surface area (Å²) in [6.07, 6.45) is 1.65. The number of ether oxygens (including phenoxy) is 1. The Bertz CT molecular complexity index is 204. The number of rotatable bonds is 8. The second-order valence-corrected chi connectivity index (χ2v) is 3.47. The number of hydrogen-bond donors (Lipinski definition) is 2. The predicted molar refractivity (Wildman–Crippen MR) is 59.6 cm³/mol. The minimum absolute atomic E-state index is 0.199. The van der Waals surface area contributed by atoms with Crippen molar-refractivity contribution in [3.05, 3.63) is 12.2 Å². The molecule has 0 aromatic carbocycles. The highest BCUT2D eigenvalue weighted by Crippen LogP contribution is 1.98. The van der Waals surface area contributed by atoms with Gasteiger partial charge < -0.3 is 15.2 Å². The molecule has 0 fully saturated rings. The van der Waals surface area contributed by atoms with Crippen molar-refractivity contribution in [3.63, 3.8) is 0 Å². The van der Waals surface area contributed by atoms with Crippen molar-refractivity contribution in [2.24, 2.45) is 0 Å². The number of carbonyl (C=O) groups excluding carboxylic acids is 1. The van der Waals surface area contributed by atoms with Gasteiger partial charge in [-0.3, -0.25) is 0 Å². The van der Waals surface area contributed by atoms with Gasteiger partial charge in [0.25, 0.3) is 0 Å². The van der Waals surface area contributed by atoms with Crippen LogP contribution in [0.15, 0.2) is 12.2 Å². The molecule has 0 spiro atoms. The highest BCUT2D eigenvalue weighted by atomic mass is 16.5. The zero-order valence-electron chi connectivity index (χ0n) is 9.58. The van der Waals surface area contributed by atoms with Gasteiger partial charge in [0.2, 0.25) is 0 Å². The molecule has 0 saturated heterocycles. The second-order valence-electron chi connectivity index (χ2n) is 3.47. The van der Waals surface area contributed by atoms with Gasteiger partial charge in [-0.05, 0) is 26.7 Å². The lowest BCUT2D eigenvalue weighted by atomic mass is 10.2. The molecular weight excluding hydrogens is 194 g/mol. The SMILES string of the molecule is C=C(CNC(C)CCCO)C(=O)OCC. The summed E-state index contributed by atoms with van der Waals surface area (Å²) in [5, 5.41) is 11.8. The van der Waals surface area contributed by atoms with E-state index in [-0.39, 0.29) is 18.6 Å². The summed E-state index contributed by atoms with van der Waals surface area (Å²) in [4.78, 5) is 11.2. The fourth-order valence-electron chi connectivity index (χ4n) is 1.10. The van der Waals surface area contributed by atoms with Crippen LogP contribution in [0.4, 0.5) is 0 Å². The molecule has 1 unspecified atom stereocenters. The summed E-state index contributed by atoms with van der Waals surface area (Å²) >= 11 is 0. The maximum atomic E-state index is 11.2. The minimum atomic E-state index is -0.348. The summed E-state index contributed by atoms with van der Waals surface area (Å²) in [6.45, 7) is 8.42. The molecule has 0 saturated carbocycles. The molecule has 0 rings (SSSR count). The molecule has 4 heteroatoms. The minimum Gasteiger partial charge on any atom is -0.463 e. The molecule has 2 N–H and O–H groups in total. The van der Waals surface area contributed by atoms with E-state index in [4.69, 9.17) is 9.84 Å². The Labute approximate surface area is 91.3 Å². The van der Waals surface area contributed by atoms with Gasteiger partial charge in [-0.15, -0.1) is 0 Å². The van der Waals surface area contributed by atoms with Crippen molar-refractivity contribution in [2.45, 2.75) is 32.7 Å². The third-order valence-electron chi connectivity index (χ3n) is 2.02. The first-order valence-electron chi connectivity index (χ1n) is 5.31. The van der Waals surface area contributed by atoms with Crippen LogP contribution in [0.3, 0.4) is 0 Å². The molecule has 88 valence electrons. The van der Waals surface area contributed by atoms with Gasteiger partial charge in [-0.2, -0.15) is 0 Å². The van der Waals surface area contributed by atoms with E-state index in [0.717, 1.165) is 12.8 Å². The average Bonchev–Trinajstić information content (AvgIpc) is 2.23. The summed E-state index contributed by atoms with van der Waals surface area (Å²) < 4.78 is 4.80. The first-order valence-corrected chi connectivity index (χ1v) is 5.31. The Hall–Kier alpha value is -0.870. The molecule has 0 aliphatic heterocycles. The van der Waals surface area contributed by atoms with Gasteiger partial charge in [-0.25, -0.2) is 4.79 Å². The quantitative estimate of drug-likeness (QED) is 0.465. The van der Waals surface area contributed by atoms with E-state index in [1.807, 2.05) is 6.92 Å². The molecular formula is C11H21NO3. The largest absolute Gasteiger partial charge is 0.463 e. The second kappa shape index (κ2) is 8.44.